The Morgan fingerprint density at radius 2 is 2.00 bits per heavy atom. The van der Waals surface area contributed by atoms with Gasteiger partial charge in [-0.15, -0.1) is 0 Å². The number of rotatable bonds is 3. The maximum absolute atomic E-state index is 10.9. The van der Waals surface area contributed by atoms with E-state index in [1.165, 1.54) is 6.92 Å². The number of nitrogens with two attached hydrogens (primary N) is 1. The lowest BCUT2D eigenvalue weighted by molar-refractivity contribution is -0.124. The van der Waals surface area contributed by atoms with Crippen LogP contribution in [0.1, 0.15) is 6.92 Å². The van der Waals surface area contributed by atoms with E-state index in [1.807, 2.05) is 24.3 Å². The van der Waals surface area contributed by atoms with Crippen LogP contribution in [-0.2, 0) is 4.79 Å². The topological polar surface area (TPSA) is 72.6 Å². The van der Waals surface area contributed by atoms with Crippen LogP contribution in [0.3, 0.4) is 0 Å². The molecule has 0 heterocycles. The maximum atomic E-state index is 10.9. The summed E-state index contributed by atoms with van der Waals surface area (Å²) < 4.78 is 5.29. The van der Waals surface area contributed by atoms with E-state index in [1.54, 1.807) is 12.1 Å². The van der Waals surface area contributed by atoms with Crippen LogP contribution in [0, 0.1) is 0 Å². The highest BCUT2D eigenvalue weighted by molar-refractivity contribution is 5.90. The quantitative estimate of drug-likeness (QED) is 0.845. The average Bonchev–Trinajstić information content (AvgIpc) is 2.33. The third-order valence-electron chi connectivity index (χ3n) is 2.57. The highest BCUT2D eigenvalue weighted by atomic mass is 16.5. The van der Waals surface area contributed by atoms with Crippen LogP contribution >= 0.6 is 0 Å². The number of ether oxygens (including phenoxy) is 1. The average molecular weight is 231 g/mol. The molecule has 2 aromatic rings. The molecule has 88 valence electrons. The van der Waals surface area contributed by atoms with Crippen molar-refractivity contribution in [2.24, 2.45) is 5.73 Å². The number of phenolic OH excluding ortho intramolecular Hbond substituents is 1. The molecule has 0 radical (unpaired) electrons. The van der Waals surface area contributed by atoms with Crippen molar-refractivity contribution in [1.82, 2.24) is 0 Å². The second-order valence-electron chi connectivity index (χ2n) is 3.80. The van der Waals surface area contributed by atoms with Gasteiger partial charge >= 0.3 is 0 Å². The molecule has 1 atom stereocenters. The van der Waals surface area contributed by atoms with Gasteiger partial charge < -0.3 is 15.6 Å². The molecule has 2 rings (SSSR count). The molecule has 0 spiro atoms. The molecule has 0 fully saturated rings. The second-order valence-corrected chi connectivity index (χ2v) is 3.80. The highest BCUT2D eigenvalue weighted by Gasteiger charge is 2.14. The first kappa shape index (κ1) is 11.3. The summed E-state index contributed by atoms with van der Waals surface area (Å²) in [5.41, 5.74) is 5.10. The zero-order chi connectivity index (χ0) is 12.4. The number of amides is 1. The van der Waals surface area contributed by atoms with Crippen LogP contribution in [0.4, 0.5) is 0 Å². The molecule has 1 unspecified atom stereocenters. The van der Waals surface area contributed by atoms with Gasteiger partial charge in [0.1, 0.15) is 0 Å². The monoisotopic (exact) mass is 231 g/mol. The molecular formula is C13H13NO3. The van der Waals surface area contributed by atoms with E-state index in [-0.39, 0.29) is 11.5 Å². The number of fused-ring (bicyclic) bond motifs is 1. The first-order valence-electron chi connectivity index (χ1n) is 5.26. The Balaban J connectivity index is 2.42. The van der Waals surface area contributed by atoms with Gasteiger partial charge in [-0.25, -0.2) is 0 Å². The SMILES string of the molecule is CC(Oc1ccc2ccccc2c1O)C(N)=O. The number of carbonyl (C=O) groups is 1. The number of hydrogen-bond acceptors (Lipinski definition) is 3. The van der Waals surface area contributed by atoms with E-state index < -0.39 is 12.0 Å². The molecule has 0 bridgehead atoms. The lowest BCUT2D eigenvalue weighted by Gasteiger charge is -2.13. The molecule has 4 heteroatoms. The Labute approximate surface area is 98.6 Å². The molecule has 17 heavy (non-hydrogen) atoms. The van der Waals surface area contributed by atoms with Gasteiger partial charge in [-0.2, -0.15) is 0 Å². The van der Waals surface area contributed by atoms with Crippen molar-refractivity contribution in [3.05, 3.63) is 36.4 Å². The normalized spacial score (nSPS) is 12.3. The molecule has 3 N–H and O–H groups in total. The summed E-state index contributed by atoms with van der Waals surface area (Å²) in [6, 6.07) is 10.8. The van der Waals surface area contributed by atoms with Crippen LogP contribution in [0.15, 0.2) is 36.4 Å². The van der Waals surface area contributed by atoms with Gasteiger partial charge in [-0.3, -0.25) is 4.79 Å². The fourth-order valence-electron chi connectivity index (χ4n) is 1.58. The maximum Gasteiger partial charge on any atom is 0.258 e. The van der Waals surface area contributed by atoms with Crippen LogP contribution in [0.2, 0.25) is 0 Å². The van der Waals surface area contributed by atoms with E-state index in [0.717, 1.165) is 5.39 Å². The Morgan fingerprint density at radius 1 is 1.29 bits per heavy atom. The lowest BCUT2D eigenvalue weighted by Crippen LogP contribution is -2.30. The van der Waals surface area contributed by atoms with Crippen LogP contribution in [0.25, 0.3) is 10.8 Å². The molecule has 0 saturated carbocycles. The Morgan fingerprint density at radius 3 is 2.71 bits per heavy atom. The molecule has 0 aliphatic heterocycles. The van der Waals surface area contributed by atoms with E-state index in [2.05, 4.69) is 0 Å². The molecule has 2 aromatic carbocycles. The first-order chi connectivity index (χ1) is 8.09. The molecule has 0 aromatic heterocycles. The third-order valence-corrected chi connectivity index (χ3v) is 2.57. The zero-order valence-corrected chi connectivity index (χ0v) is 9.38. The summed E-state index contributed by atoms with van der Waals surface area (Å²) in [7, 11) is 0. The van der Waals surface area contributed by atoms with Crippen LogP contribution < -0.4 is 10.5 Å². The standard InChI is InChI=1S/C13H13NO3/c1-8(13(14)16)17-11-7-6-9-4-2-3-5-10(9)12(11)15/h2-8,15H,1H3,(H2,14,16). The number of aromatic hydroxyl groups is 1. The molecule has 0 aliphatic carbocycles. The summed E-state index contributed by atoms with van der Waals surface area (Å²) in [5.74, 6) is -0.288. The van der Waals surface area contributed by atoms with E-state index >= 15 is 0 Å². The fraction of sp³-hybridized carbons (Fsp3) is 0.154. The van der Waals surface area contributed by atoms with Crippen molar-refractivity contribution in [3.63, 3.8) is 0 Å². The fourth-order valence-corrected chi connectivity index (χ4v) is 1.58. The number of benzene rings is 2. The van der Waals surface area contributed by atoms with Gasteiger partial charge in [0.05, 0.1) is 0 Å². The minimum Gasteiger partial charge on any atom is -0.504 e. The van der Waals surface area contributed by atoms with Crippen molar-refractivity contribution < 1.29 is 14.6 Å². The molecule has 1 amide bonds. The number of hydrogen-bond donors (Lipinski definition) is 2. The Kier molecular flexibility index (Phi) is 2.87. The summed E-state index contributed by atoms with van der Waals surface area (Å²) in [6.07, 6.45) is -0.776. The van der Waals surface area contributed by atoms with Crippen molar-refractivity contribution >= 4 is 16.7 Å². The van der Waals surface area contributed by atoms with Crippen molar-refractivity contribution in [3.8, 4) is 11.5 Å². The van der Waals surface area contributed by atoms with Crippen molar-refractivity contribution in [2.75, 3.05) is 0 Å². The summed E-state index contributed by atoms with van der Waals surface area (Å²) in [4.78, 5) is 10.9. The Bertz CT molecular complexity index is 566. The molecule has 0 aliphatic rings. The Hall–Kier alpha value is -2.23. The largest absolute Gasteiger partial charge is 0.504 e. The predicted molar refractivity (Wildman–Crippen MR) is 64.9 cm³/mol. The minimum absolute atomic E-state index is 0.0243. The van der Waals surface area contributed by atoms with Gasteiger partial charge in [0.15, 0.2) is 17.6 Å². The van der Waals surface area contributed by atoms with E-state index in [4.69, 9.17) is 10.5 Å². The highest BCUT2D eigenvalue weighted by Crippen LogP contribution is 2.34. The summed E-state index contributed by atoms with van der Waals surface area (Å²) in [6.45, 7) is 1.54. The molecule has 4 nitrogen and oxygen atoms in total. The number of phenols is 1. The molecule has 0 saturated heterocycles. The minimum atomic E-state index is -0.776. The predicted octanol–water partition coefficient (Wildman–Crippen LogP) is 1.80. The van der Waals surface area contributed by atoms with Gasteiger partial charge in [-0.05, 0) is 18.4 Å². The van der Waals surface area contributed by atoms with Crippen molar-refractivity contribution in [1.29, 1.82) is 0 Å². The van der Waals surface area contributed by atoms with Gasteiger partial charge in [-0.1, -0.05) is 30.3 Å². The van der Waals surface area contributed by atoms with E-state index in [9.17, 15) is 9.90 Å². The second kappa shape index (κ2) is 4.33. The van der Waals surface area contributed by atoms with Crippen LogP contribution in [0.5, 0.6) is 11.5 Å². The van der Waals surface area contributed by atoms with E-state index in [0.29, 0.717) is 5.39 Å². The van der Waals surface area contributed by atoms with Gasteiger partial charge in [0.2, 0.25) is 0 Å². The lowest BCUT2D eigenvalue weighted by atomic mass is 10.1. The number of primary amides is 1. The summed E-state index contributed by atoms with van der Waals surface area (Å²) in [5, 5.41) is 11.6. The number of carbonyl (C=O) groups excluding carboxylic acids is 1. The third kappa shape index (κ3) is 2.15. The summed E-state index contributed by atoms with van der Waals surface area (Å²) >= 11 is 0. The molecular weight excluding hydrogens is 218 g/mol. The van der Waals surface area contributed by atoms with Crippen molar-refractivity contribution in [2.45, 2.75) is 13.0 Å². The zero-order valence-electron chi connectivity index (χ0n) is 9.38. The van der Waals surface area contributed by atoms with Gasteiger partial charge in [0, 0.05) is 5.39 Å². The first-order valence-corrected chi connectivity index (χ1v) is 5.26. The smallest absolute Gasteiger partial charge is 0.258 e. The van der Waals surface area contributed by atoms with Gasteiger partial charge in [0.25, 0.3) is 5.91 Å². The van der Waals surface area contributed by atoms with Crippen LogP contribution in [-0.4, -0.2) is 17.1 Å².